The van der Waals surface area contributed by atoms with Gasteiger partial charge in [0.15, 0.2) is 6.10 Å². The summed E-state index contributed by atoms with van der Waals surface area (Å²) >= 11 is 0. The Morgan fingerprint density at radius 3 is 2.00 bits per heavy atom. The predicted octanol–water partition coefficient (Wildman–Crippen LogP) is 3.88. The highest BCUT2D eigenvalue weighted by molar-refractivity contribution is 6.01. The van der Waals surface area contributed by atoms with Crippen LogP contribution in [-0.4, -0.2) is 36.9 Å². The van der Waals surface area contributed by atoms with E-state index in [2.05, 4.69) is 5.32 Å². The molecule has 2 aromatic rings. The third kappa shape index (κ3) is 5.69. The number of methoxy groups -OCH3 is 1. The molecule has 1 N–H and O–H groups in total. The minimum atomic E-state index is -0.959. The molecule has 0 aliphatic rings. The molecular weight excluding hydrogens is 382 g/mol. The van der Waals surface area contributed by atoms with Crippen LogP contribution >= 0.6 is 0 Å². The quantitative estimate of drug-likeness (QED) is 0.527. The van der Waals surface area contributed by atoms with Gasteiger partial charge in [0.2, 0.25) is 5.78 Å². The molecule has 2 atom stereocenters. The smallest absolute Gasteiger partial charge is 0.329 e. The van der Waals surface area contributed by atoms with Gasteiger partial charge in [-0.05, 0) is 68.1 Å². The predicted molar refractivity (Wildman–Crippen MR) is 115 cm³/mol. The van der Waals surface area contributed by atoms with Crippen LogP contribution in [0.2, 0.25) is 0 Å². The summed E-state index contributed by atoms with van der Waals surface area (Å²) < 4.78 is 10.5. The van der Waals surface area contributed by atoms with Gasteiger partial charge in [0.25, 0.3) is 5.91 Å². The number of nitrogens with one attached hydrogen (secondary N) is 1. The van der Waals surface area contributed by atoms with Gasteiger partial charge in [0.1, 0.15) is 11.8 Å². The lowest BCUT2D eigenvalue weighted by atomic mass is 10.0. The number of hydrogen-bond acceptors (Lipinski definition) is 5. The van der Waals surface area contributed by atoms with Gasteiger partial charge >= 0.3 is 5.97 Å². The Hall–Kier alpha value is -3.15. The van der Waals surface area contributed by atoms with E-state index in [1.807, 2.05) is 19.9 Å². The summed E-state index contributed by atoms with van der Waals surface area (Å²) in [5.74, 6) is -0.915. The second kappa shape index (κ2) is 10.1. The standard InChI is InChI=1S/C24H29NO5/c1-14(2)21(25-23(27)18-9-11-20(29-6)12-10-18)24(28)30-17(5)22(26)19-8-7-15(3)16(4)13-19/h7-14,17,21H,1-6H3,(H,25,27)/t17-,21+/m1/s1. The summed E-state index contributed by atoms with van der Waals surface area (Å²) in [5, 5.41) is 2.71. The van der Waals surface area contributed by atoms with Gasteiger partial charge in [-0.2, -0.15) is 0 Å². The van der Waals surface area contributed by atoms with Crippen LogP contribution < -0.4 is 10.1 Å². The lowest BCUT2D eigenvalue weighted by Gasteiger charge is -2.23. The Labute approximate surface area is 177 Å². The molecule has 6 nitrogen and oxygen atoms in total. The first-order valence-electron chi connectivity index (χ1n) is 9.91. The first-order chi connectivity index (χ1) is 14.1. The number of ketones is 1. The molecule has 0 fully saturated rings. The van der Waals surface area contributed by atoms with Gasteiger partial charge in [-0.15, -0.1) is 0 Å². The lowest BCUT2D eigenvalue weighted by molar-refractivity contribution is -0.149. The zero-order chi connectivity index (χ0) is 22.4. The summed E-state index contributed by atoms with van der Waals surface area (Å²) in [6.45, 7) is 9.03. The minimum absolute atomic E-state index is 0.219. The number of rotatable bonds is 8. The van der Waals surface area contributed by atoms with Crippen molar-refractivity contribution in [1.82, 2.24) is 5.32 Å². The number of esters is 1. The minimum Gasteiger partial charge on any atom is -0.497 e. The average Bonchev–Trinajstić information content (AvgIpc) is 2.72. The number of Topliss-reactive ketones (excluding diaryl/α,β-unsaturated/α-hetero) is 1. The Morgan fingerprint density at radius 1 is 0.867 bits per heavy atom. The maximum absolute atomic E-state index is 12.7. The third-order valence-corrected chi connectivity index (χ3v) is 5.01. The second-order valence-corrected chi connectivity index (χ2v) is 7.67. The fourth-order valence-electron chi connectivity index (χ4n) is 2.90. The molecule has 0 saturated carbocycles. The number of benzene rings is 2. The zero-order valence-corrected chi connectivity index (χ0v) is 18.3. The van der Waals surface area contributed by atoms with Crippen molar-refractivity contribution in [2.45, 2.75) is 46.8 Å². The van der Waals surface area contributed by atoms with Crippen molar-refractivity contribution in [2.24, 2.45) is 5.92 Å². The van der Waals surface area contributed by atoms with Crippen LogP contribution in [-0.2, 0) is 9.53 Å². The SMILES string of the molecule is COc1ccc(C(=O)N[C@H](C(=O)O[C@H](C)C(=O)c2ccc(C)c(C)c2)C(C)C)cc1. The topological polar surface area (TPSA) is 81.7 Å². The molecular formula is C24H29NO5. The highest BCUT2D eigenvalue weighted by atomic mass is 16.5. The molecule has 160 valence electrons. The van der Waals surface area contributed by atoms with Crippen LogP contribution in [0.1, 0.15) is 52.6 Å². The Morgan fingerprint density at radius 2 is 1.47 bits per heavy atom. The Kier molecular flexibility index (Phi) is 7.75. The molecule has 0 bridgehead atoms. The number of ether oxygens (including phenoxy) is 2. The number of carbonyl (C=O) groups is 3. The van der Waals surface area contributed by atoms with Gasteiger partial charge in [0, 0.05) is 11.1 Å². The van der Waals surface area contributed by atoms with E-state index in [-0.39, 0.29) is 11.7 Å². The number of aryl methyl sites for hydroxylation is 2. The van der Waals surface area contributed by atoms with Crippen LogP contribution in [0, 0.1) is 19.8 Å². The zero-order valence-electron chi connectivity index (χ0n) is 18.3. The maximum atomic E-state index is 12.7. The van der Waals surface area contributed by atoms with Crippen LogP contribution in [0.3, 0.4) is 0 Å². The summed E-state index contributed by atoms with van der Waals surface area (Å²) in [6.07, 6.45) is -0.959. The van der Waals surface area contributed by atoms with Crippen molar-refractivity contribution >= 4 is 17.7 Å². The van der Waals surface area contributed by atoms with E-state index in [1.165, 1.54) is 6.92 Å². The van der Waals surface area contributed by atoms with Crippen molar-refractivity contribution < 1.29 is 23.9 Å². The molecule has 1 amide bonds. The fraction of sp³-hybridized carbons (Fsp3) is 0.375. The number of amides is 1. The van der Waals surface area contributed by atoms with Crippen LogP contribution in [0.25, 0.3) is 0 Å². The van der Waals surface area contributed by atoms with E-state index in [0.29, 0.717) is 16.9 Å². The molecule has 0 aliphatic heterocycles. The van der Waals surface area contributed by atoms with E-state index >= 15 is 0 Å². The van der Waals surface area contributed by atoms with Crippen molar-refractivity contribution in [1.29, 1.82) is 0 Å². The van der Waals surface area contributed by atoms with E-state index in [0.717, 1.165) is 11.1 Å². The molecule has 0 aliphatic carbocycles. The largest absolute Gasteiger partial charge is 0.497 e. The molecule has 0 unspecified atom stereocenters. The Bertz CT molecular complexity index is 918. The molecule has 2 aromatic carbocycles. The van der Waals surface area contributed by atoms with Crippen molar-refractivity contribution in [3.63, 3.8) is 0 Å². The summed E-state index contributed by atoms with van der Waals surface area (Å²) in [7, 11) is 1.54. The summed E-state index contributed by atoms with van der Waals surface area (Å²) in [6, 6.07) is 11.1. The molecule has 0 saturated heterocycles. The van der Waals surface area contributed by atoms with Crippen molar-refractivity contribution in [2.75, 3.05) is 7.11 Å². The van der Waals surface area contributed by atoms with Gasteiger partial charge in [0.05, 0.1) is 7.11 Å². The Balaban J connectivity index is 2.07. The second-order valence-electron chi connectivity index (χ2n) is 7.67. The van der Waals surface area contributed by atoms with Crippen molar-refractivity contribution in [3.05, 3.63) is 64.7 Å². The van der Waals surface area contributed by atoms with Crippen LogP contribution in [0.4, 0.5) is 0 Å². The van der Waals surface area contributed by atoms with Crippen LogP contribution in [0.15, 0.2) is 42.5 Å². The first kappa shape index (κ1) is 23.1. The van der Waals surface area contributed by atoms with E-state index in [9.17, 15) is 14.4 Å². The van der Waals surface area contributed by atoms with Gasteiger partial charge in [-0.3, -0.25) is 9.59 Å². The first-order valence-corrected chi connectivity index (χ1v) is 9.91. The summed E-state index contributed by atoms with van der Waals surface area (Å²) in [4.78, 5) is 37.9. The monoisotopic (exact) mass is 411 g/mol. The number of carbonyl (C=O) groups excluding carboxylic acids is 3. The molecule has 6 heteroatoms. The normalized spacial score (nSPS) is 12.8. The van der Waals surface area contributed by atoms with E-state index in [4.69, 9.17) is 9.47 Å². The summed E-state index contributed by atoms with van der Waals surface area (Å²) in [5.41, 5.74) is 2.96. The average molecular weight is 411 g/mol. The van der Waals surface area contributed by atoms with E-state index < -0.39 is 24.0 Å². The van der Waals surface area contributed by atoms with Crippen molar-refractivity contribution in [3.8, 4) is 5.75 Å². The lowest BCUT2D eigenvalue weighted by Crippen LogP contribution is -2.46. The number of hydrogen-bond donors (Lipinski definition) is 1. The molecule has 0 heterocycles. The van der Waals surface area contributed by atoms with Gasteiger partial charge < -0.3 is 14.8 Å². The van der Waals surface area contributed by atoms with Gasteiger partial charge in [-0.25, -0.2) is 4.79 Å². The third-order valence-electron chi connectivity index (χ3n) is 5.01. The molecule has 2 rings (SSSR count). The highest BCUT2D eigenvalue weighted by Gasteiger charge is 2.29. The molecule has 0 spiro atoms. The maximum Gasteiger partial charge on any atom is 0.329 e. The fourth-order valence-corrected chi connectivity index (χ4v) is 2.90. The van der Waals surface area contributed by atoms with E-state index in [1.54, 1.807) is 57.4 Å². The molecule has 0 radical (unpaired) electrons. The van der Waals surface area contributed by atoms with Gasteiger partial charge in [-0.1, -0.05) is 26.0 Å². The molecule has 0 aromatic heterocycles. The highest BCUT2D eigenvalue weighted by Crippen LogP contribution is 2.15. The molecule has 30 heavy (non-hydrogen) atoms. The van der Waals surface area contributed by atoms with Crippen LogP contribution in [0.5, 0.6) is 5.75 Å².